The number of nitrogens with zero attached hydrogens (tertiary/aromatic N) is 1. The van der Waals surface area contributed by atoms with Crippen LogP contribution in [-0.2, 0) is 5.41 Å². The highest BCUT2D eigenvalue weighted by atomic mass is 127. The third-order valence-electron chi connectivity index (χ3n) is 6.00. The summed E-state index contributed by atoms with van der Waals surface area (Å²) in [6.45, 7) is 1.25. The van der Waals surface area contributed by atoms with Gasteiger partial charge in [0, 0.05) is 11.3 Å². The first-order chi connectivity index (χ1) is 11.0. The summed E-state index contributed by atoms with van der Waals surface area (Å²) in [5.41, 5.74) is 6.70. The van der Waals surface area contributed by atoms with Gasteiger partial charge in [-0.05, 0) is 47.9 Å². The van der Waals surface area contributed by atoms with E-state index in [4.69, 9.17) is 0 Å². The van der Waals surface area contributed by atoms with Crippen LogP contribution in [0.1, 0.15) is 53.9 Å². The number of rotatable bonds is 4. The topological polar surface area (TPSA) is 0 Å². The molecule has 0 heterocycles. The summed E-state index contributed by atoms with van der Waals surface area (Å²) in [5, 5.41) is 0. The van der Waals surface area contributed by atoms with Gasteiger partial charge < -0.3 is 4.48 Å². The second-order valence-corrected chi connectivity index (χ2v) is 8.47. The maximum atomic E-state index is 2.41. The fourth-order valence-corrected chi connectivity index (χ4v) is 5.01. The lowest BCUT2D eigenvalue weighted by Crippen LogP contribution is -2.42. The Kier molecular flexibility index (Phi) is 4.82. The molecule has 0 unspecified atom stereocenters. The molecule has 2 aromatic rings. The monoisotopic (exact) mass is 434 g/mol. The highest BCUT2D eigenvalue weighted by Gasteiger charge is 2.47. The standard InChI is InChI=1S/C22H28N.HI/c1-23(2,3)16-8-14-22-15-13-17(18-9-4-6-11-20(18)22)19-10-5-7-12-21(19)22;/h4-7,9-12,17H,8,13-16H2,1-3H3;1H/q+1;. The van der Waals surface area contributed by atoms with E-state index in [0.717, 1.165) is 4.48 Å². The summed E-state index contributed by atoms with van der Waals surface area (Å²) in [7, 11) is 6.91. The molecular formula is C22H29IN+. The van der Waals surface area contributed by atoms with Crippen molar-refractivity contribution in [3.05, 3.63) is 70.8 Å². The SMILES string of the molecule is C[N+](C)(C)CCCC12CCC(c3ccccc31)c1ccccc12.I. The van der Waals surface area contributed by atoms with E-state index in [9.17, 15) is 0 Å². The van der Waals surface area contributed by atoms with Gasteiger partial charge in [0.25, 0.3) is 0 Å². The number of hydrogen-bond donors (Lipinski definition) is 0. The molecule has 2 heteroatoms. The van der Waals surface area contributed by atoms with Gasteiger partial charge in [-0.3, -0.25) is 0 Å². The van der Waals surface area contributed by atoms with Crippen LogP contribution in [0.25, 0.3) is 0 Å². The first kappa shape index (κ1) is 17.9. The average molecular weight is 434 g/mol. The Morgan fingerprint density at radius 3 is 2.00 bits per heavy atom. The molecule has 0 amide bonds. The molecule has 0 saturated heterocycles. The van der Waals surface area contributed by atoms with Crippen LogP contribution in [0, 0.1) is 0 Å². The van der Waals surface area contributed by atoms with Crippen LogP contribution in [0.5, 0.6) is 0 Å². The lowest BCUT2D eigenvalue weighted by molar-refractivity contribution is -0.870. The van der Waals surface area contributed by atoms with Crippen molar-refractivity contribution in [3.63, 3.8) is 0 Å². The second kappa shape index (κ2) is 6.45. The van der Waals surface area contributed by atoms with E-state index in [1.807, 2.05) is 0 Å². The van der Waals surface area contributed by atoms with E-state index in [0.29, 0.717) is 5.92 Å². The van der Waals surface area contributed by atoms with Crippen molar-refractivity contribution in [2.24, 2.45) is 0 Å². The quantitative estimate of drug-likeness (QED) is 0.452. The third-order valence-corrected chi connectivity index (χ3v) is 6.00. The number of fused-ring (bicyclic) bond motifs is 1. The van der Waals surface area contributed by atoms with Gasteiger partial charge in [-0.1, -0.05) is 48.5 Å². The summed E-state index contributed by atoms with van der Waals surface area (Å²) in [4.78, 5) is 0. The summed E-state index contributed by atoms with van der Waals surface area (Å²) >= 11 is 0. The molecule has 1 nitrogen and oxygen atoms in total. The minimum absolute atomic E-state index is 0. The smallest absolute Gasteiger partial charge is 0.0780 e. The molecular weight excluding hydrogens is 405 g/mol. The zero-order valence-corrected chi connectivity index (χ0v) is 17.4. The number of quaternary nitrogens is 1. The van der Waals surface area contributed by atoms with E-state index in [-0.39, 0.29) is 29.4 Å². The van der Waals surface area contributed by atoms with Gasteiger partial charge in [-0.15, -0.1) is 24.0 Å². The molecule has 128 valence electrons. The largest absolute Gasteiger partial charge is 0.331 e. The van der Waals surface area contributed by atoms with Gasteiger partial charge in [0.1, 0.15) is 0 Å². The van der Waals surface area contributed by atoms with Gasteiger partial charge in [0.05, 0.1) is 27.7 Å². The van der Waals surface area contributed by atoms with E-state index in [1.54, 1.807) is 22.3 Å². The molecule has 0 saturated carbocycles. The van der Waals surface area contributed by atoms with Crippen LogP contribution < -0.4 is 0 Å². The van der Waals surface area contributed by atoms with Crippen molar-refractivity contribution < 1.29 is 4.48 Å². The van der Waals surface area contributed by atoms with Crippen molar-refractivity contribution in [2.75, 3.05) is 27.7 Å². The first-order valence-corrected chi connectivity index (χ1v) is 9.01. The van der Waals surface area contributed by atoms with Gasteiger partial charge in [-0.25, -0.2) is 0 Å². The molecule has 0 atom stereocenters. The summed E-state index contributed by atoms with van der Waals surface area (Å²) < 4.78 is 1.06. The average Bonchev–Trinajstić information content (AvgIpc) is 2.55. The summed E-state index contributed by atoms with van der Waals surface area (Å²) in [6.07, 6.45) is 5.21. The van der Waals surface area contributed by atoms with Gasteiger partial charge >= 0.3 is 0 Å². The highest BCUT2D eigenvalue weighted by Crippen LogP contribution is 2.57. The molecule has 24 heavy (non-hydrogen) atoms. The van der Waals surface area contributed by atoms with Crippen LogP contribution >= 0.6 is 24.0 Å². The molecule has 0 radical (unpaired) electrons. The maximum absolute atomic E-state index is 2.41. The fraction of sp³-hybridized carbons (Fsp3) is 0.455. The van der Waals surface area contributed by atoms with E-state index >= 15 is 0 Å². The first-order valence-electron chi connectivity index (χ1n) is 9.01. The zero-order valence-electron chi connectivity index (χ0n) is 15.1. The molecule has 0 aliphatic heterocycles. The Morgan fingerprint density at radius 2 is 1.46 bits per heavy atom. The van der Waals surface area contributed by atoms with Crippen LogP contribution in [0.2, 0.25) is 0 Å². The lowest BCUT2D eigenvalue weighted by Gasteiger charge is -2.50. The van der Waals surface area contributed by atoms with Crippen molar-refractivity contribution in [2.45, 2.75) is 37.0 Å². The normalized spacial score (nSPS) is 24.0. The van der Waals surface area contributed by atoms with E-state index < -0.39 is 0 Å². The lowest BCUT2D eigenvalue weighted by atomic mass is 9.54. The van der Waals surface area contributed by atoms with Crippen molar-refractivity contribution in [3.8, 4) is 0 Å². The van der Waals surface area contributed by atoms with Gasteiger partial charge in [-0.2, -0.15) is 0 Å². The Labute approximate surface area is 163 Å². The minimum Gasteiger partial charge on any atom is -0.331 e. The Morgan fingerprint density at radius 1 is 0.917 bits per heavy atom. The van der Waals surface area contributed by atoms with Crippen LogP contribution in [0.4, 0.5) is 0 Å². The van der Waals surface area contributed by atoms with Crippen LogP contribution in [0.15, 0.2) is 48.5 Å². The Bertz CT molecular complexity index is 681. The molecule has 3 aliphatic carbocycles. The van der Waals surface area contributed by atoms with Gasteiger partial charge in [0.15, 0.2) is 0 Å². The highest BCUT2D eigenvalue weighted by molar-refractivity contribution is 14.0. The van der Waals surface area contributed by atoms with Crippen LogP contribution in [-0.4, -0.2) is 32.2 Å². The molecule has 2 aromatic carbocycles. The molecule has 5 rings (SSSR count). The molecule has 2 bridgehead atoms. The van der Waals surface area contributed by atoms with E-state index in [1.165, 1.54) is 32.2 Å². The fourth-order valence-electron chi connectivity index (χ4n) is 5.01. The summed E-state index contributed by atoms with van der Waals surface area (Å²) in [6, 6.07) is 18.5. The molecule has 0 fully saturated rings. The maximum Gasteiger partial charge on any atom is 0.0780 e. The Balaban J connectivity index is 0.00000169. The van der Waals surface area contributed by atoms with E-state index in [2.05, 4.69) is 69.7 Å². The van der Waals surface area contributed by atoms with Crippen molar-refractivity contribution >= 4 is 24.0 Å². The van der Waals surface area contributed by atoms with Crippen LogP contribution in [0.3, 0.4) is 0 Å². The second-order valence-electron chi connectivity index (χ2n) is 8.47. The van der Waals surface area contributed by atoms with Gasteiger partial charge in [0.2, 0.25) is 0 Å². The number of hydrogen-bond acceptors (Lipinski definition) is 0. The predicted molar refractivity (Wildman–Crippen MR) is 112 cm³/mol. The molecule has 3 aliphatic rings. The minimum atomic E-state index is 0. The Hall–Kier alpha value is -0.870. The molecule has 0 N–H and O–H groups in total. The molecule has 0 aromatic heterocycles. The van der Waals surface area contributed by atoms with Crippen molar-refractivity contribution in [1.29, 1.82) is 0 Å². The third kappa shape index (κ3) is 2.82. The number of benzene rings is 2. The molecule has 0 spiro atoms. The van der Waals surface area contributed by atoms with Crippen molar-refractivity contribution in [1.82, 2.24) is 0 Å². The number of halogens is 1. The summed E-state index contributed by atoms with van der Waals surface area (Å²) in [5.74, 6) is 0.627. The predicted octanol–water partition coefficient (Wildman–Crippen LogP) is 5.32. The zero-order chi connectivity index (χ0) is 16.1.